The van der Waals surface area contributed by atoms with Gasteiger partial charge in [0.1, 0.15) is 0 Å². The van der Waals surface area contributed by atoms with Crippen LogP contribution in [0.25, 0.3) is 0 Å². The monoisotopic (exact) mass is 299 g/mol. The molecule has 0 heterocycles. The Kier molecular flexibility index (Phi) is 6.22. The van der Waals surface area contributed by atoms with E-state index in [1.165, 1.54) is 0 Å². The molecule has 0 saturated carbocycles. The quantitative estimate of drug-likeness (QED) is 0.820. The van der Waals surface area contributed by atoms with Crippen LogP contribution < -0.4 is 5.32 Å². The SMILES string of the molecule is CCOC(C)CNC(=O)c1ccc(CBr)cc1. The highest BCUT2D eigenvalue weighted by Gasteiger charge is 2.07. The van der Waals surface area contributed by atoms with E-state index in [-0.39, 0.29) is 12.0 Å². The number of alkyl halides is 1. The fraction of sp³-hybridized carbons (Fsp3) is 0.462. The van der Waals surface area contributed by atoms with Crippen molar-refractivity contribution in [2.75, 3.05) is 13.2 Å². The Labute approximate surface area is 111 Å². The maximum absolute atomic E-state index is 11.8. The van der Waals surface area contributed by atoms with Gasteiger partial charge < -0.3 is 10.1 Å². The fourth-order valence-corrected chi connectivity index (χ4v) is 1.80. The average molecular weight is 300 g/mol. The predicted molar refractivity (Wildman–Crippen MR) is 72.5 cm³/mol. The van der Waals surface area contributed by atoms with Gasteiger partial charge in [0.15, 0.2) is 0 Å². The van der Waals surface area contributed by atoms with Crippen molar-refractivity contribution in [2.45, 2.75) is 25.3 Å². The molecule has 1 N–H and O–H groups in total. The second-order valence-corrected chi connectivity index (χ2v) is 4.37. The lowest BCUT2D eigenvalue weighted by Gasteiger charge is -2.12. The van der Waals surface area contributed by atoms with Crippen LogP contribution in [0.4, 0.5) is 0 Å². The van der Waals surface area contributed by atoms with Crippen LogP contribution in [0, 0.1) is 0 Å². The molecule has 1 aromatic carbocycles. The summed E-state index contributed by atoms with van der Waals surface area (Å²) >= 11 is 3.37. The van der Waals surface area contributed by atoms with E-state index < -0.39 is 0 Å². The van der Waals surface area contributed by atoms with Crippen LogP contribution in [0.5, 0.6) is 0 Å². The third-order valence-corrected chi connectivity index (χ3v) is 3.02. The van der Waals surface area contributed by atoms with Crippen LogP contribution in [-0.4, -0.2) is 25.2 Å². The topological polar surface area (TPSA) is 38.3 Å². The Bertz CT molecular complexity index is 351. The minimum atomic E-state index is -0.0577. The van der Waals surface area contributed by atoms with Crippen molar-refractivity contribution >= 4 is 21.8 Å². The number of rotatable bonds is 6. The highest BCUT2D eigenvalue weighted by molar-refractivity contribution is 9.08. The van der Waals surface area contributed by atoms with Gasteiger partial charge in [0.05, 0.1) is 6.10 Å². The van der Waals surface area contributed by atoms with Crippen molar-refractivity contribution in [1.82, 2.24) is 5.32 Å². The molecule has 0 aliphatic heterocycles. The molecule has 0 fully saturated rings. The van der Waals surface area contributed by atoms with Gasteiger partial charge in [-0.15, -0.1) is 0 Å². The lowest BCUT2D eigenvalue weighted by molar-refractivity contribution is 0.0695. The maximum atomic E-state index is 11.8. The van der Waals surface area contributed by atoms with Gasteiger partial charge in [-0.1, -0.05) is 28.1 Å². The zero-order valence-electron chi connectivity index (χ0n) is 10.2. The summed E-state index contributed by atoms with van der Waals surface area (Å²) in [6.45, 7) is 5.08. The first-order valence-corrected chi connectivity index (χ1v) is 6.84. The first-order chi connectivity index (χ1) is 8.17. The van der Waals surface area contributed by atoms with E-state index in [0.29, 0.717) is 18.7 Å². The van der Waals surface area contributed by atoms with E-state index in [2.05, 4.69) is 21.2 Å². The number of ether oxygens (including phenoxy) is 1. The third-order valence-electron chi connectivity index (χ3n) is 2.37. The normalized spacial score (nSPS) is 12.2. The first kappa shape index (κ1) is 14.2. The summed E-state index contributed by atoms with van der Waals surface area (Å²) < 4.78 is 5.34. The minimum Gasteiger partial charge on any atom is -0.377 e. The second kappa shape index (κ2) is 7.45. The molecule has 0 radical (unpaired) electrons. The summed E-state index contributed by atoms with van der Waals surface area (Å²) in [6.07, 6.45) is 0.0470. The van der Waals surface area contributed by atoms with Crippen LogP contribution in [-0.2, 0) is 10.1 Å². The molecule has 0 spiro atoms. The van der Waals surface area contributed by atoms with E-state index in [4.69, 9.17) is 4.74 Å². The highest BCUT2D eigenvalue weighted by Crippen LogP contribution is 2.07. The van der Waals surface area contributed by atoms with Crippen molar-refractivity contribution in [3.05, 3.63) is 35.4 Å². The number of hydrogen-bond donors (Lipinski definition) is 1. The van der Waals surface area contributed by atoms with E-state index in [1.807, 2.05) is 38.1 Å². The lowest BCUT2D eigenvalue weighted by Crippen LogP contribution is -2.32. The molecule has 1 unspecified atom stereocenters. The first-order valence-electron chi connectivity index (χ1n) is 5.72. The molecule has 0 bridgehead atoms. The largest absolute Gasteiger partial charge is 0.377 e. The maximum Gasteiger partial charge on any atom is 0.251 e. The van der Waals surface area contributed by atoms with Crippen molar-refractivity contribution in [2.24, 2.45) is 0 Å². The minimum absolute atomic E-state index is 0.0470. The molecule has 0 saturated heterocycles. The molecule has 0 aliphatic rings. The van der Waals surface area contributed by atoms with Crippen molar-refractivity contribution in [3.63, 3.8) is 0 Å². The molecule has 3 nitrogen and oxygen atoms in total. The van der Waals surface area contributed by atoms with Crippen molar-refractivity contribution in [1.29, 1.82) is 0 Å². The zero-order chi connectivity index (χ0) is 12.7. The molecule has 1 rings (SSSR count). The van der Waals surface area contributed by atoms with Crippen molar-refractivity contribution in [3.8, 4) is 0 Å². The second-order valence-electron chi connectivity index (χ2n) is 3.81. The predicted octanol–water partition coefficient (Wildman–Crippen LogP) is 2.74. The van der Waals surface area contributed by atoms with Gasteiger partial charge in [-0.25, -0.2) is 0 Å². The number of hydrogen-bond acceptors (Lipinski definition) is 2. The van der Waals surface area contributed by atoms with Gasteiger partial charge in [-0.05, 0) is 31.5 Å². The summed E-state index contributed by atoms with van der Waals surface area (Å²) in [4.78, 5) is 11.8. The summed E-state index contributed by atoms with van der Waals surface area (Å²) in [5.74, 6) is -0.0577. The Hall–Kier alpha value is -0.870. The van der Waals surface area contributed by atoms with Crippen LogP contribution in [0.15, 0.2) is 24.3 Å². The Morgan fingerprint density at radius 1 is 1.41 bits per heavy atom. The molecule has 0 aromatic heterocycles. The summed E-state index contributed by atoms with van der Waals surface area (Å²) in [5.41, 5.74) is 1.84. The molecular formula is C13H18BrNO2. The van der Waals surface area contributed by atoms with Gasteiger partial charge in [-0.2, -0.15) is 0 Å². The number of nitrogens with one attached hydrogen (secondary N) is 1. The van der Waals surface area contributed by atoms with Crippen LogP contribution in [0.1, 0.15) is 29.8 Å². The number of carbonyl (C=O) groups excluding carboxylic acids is 1. The van der Waals surface area contributed by atoms with E-state index >= 15 is 0 Å². The van der Waals surface area contributed by atoms with Crippen LogP contribution in [0.3, 0.4) is 0 Å². The molecule has 94 valence electrons. The smallest absolute Gasteiger partial charge is 0.251 e. The Balaban J connectivity index is 2.46. The molecular weight excluding hydrogens is 282 g/mol. The molecule has 17 heavy (non-hydrogen) atoms. The summed E-state index contributed by atoms with van der Waals surface area (Å²) in [7, 11) is 0. The number of carbonyl (C=O) groups is 1. The van der Waals surface area contributed by atoms with Crippen LogP contribution in [0.2, 0.25) is 0 Å². The third kappa shape index (κ3) is 4.88. The Morgan fingerprint density at radius 2 is 2.06 bits per heavy atom. The van der Waals surface area contributed by atoms with Gasteiger partial charge in [0.2, 0.25) is 0 Å². The van der Waals surface area contributed by atoms with E-state index in [0.717, 1.165) is 10.9 Å². The highest BCUT2D eigenvalue weighted by atomic mass is 79.9. The van der Waals surface area contributed by atoms with Gasteiger partial charge >= 0.3 is 0 Å². The number of halogens is 1. The standard InChI is InChI=1S/C13H18BrNO2/c1-3-17-10(2)9-15-13(16)12-6-4-11(8-14)5-7-12/h4-7,10H,3,8-9H2,1-2H3,(H,15,16). The lowest BCUT2D eigenvalue weighted by atomic mass is 10.1. The van der Waals surface area contributed by atoms with E-state index in [9.17, 15) is 4.79 Å². The van der Waals surface area contributed by atoms with Gasteiger partial charge in [0, 0.05) is 24.0 Å². The van der Waals surface area contributed by atoms with Gasteiger partial charge in [0.25, 0.3) is 5.91 Å². The molecule has 1 amide bonds. The molecule has 4 heteroatoms. The summed E-state index contributed by atoms with van der Waals surface area (Å²) in [5, 5.41) is 3.65. The molecule has 0 aliphatic carbocycles. The van der Waals surface area contributed by atoms with E-state index in [1.54, 1.807) is 0 Å². The molecule has 1 atom stereocenters. The number of benzene rings is 1. The fourth-order valence-electron chi connectivity index (χ4n) is 1.43. The Morgan fingerprint density at radius 3 is 2.59 bits per heavy atom. The summed E-state index contributed by atoms with van der Waals surface area (Å²) in [6, 6.07) is 7.54. The van der Waals surface area contributed by atoms with Crippen molar-refractivity contribution < 1.29 is 9.53 Å². The number of amides is 1. The van der Waals surface area contributed by atoms with Gasteiger partial charge in [-0.3, -0.25) is 4.79 Å². The molecule has 1 aromatic rings. The zero-order valence-corrected chi connectivity index (χ0v) is 11.8. The van der Waals surface area contributed by atoms with Crippen LogP contribution >= 0.6 is 15.9 Å². The average Bonchev–Trinajstić information content (AvgIpc) is 2.36.